The lowest BCUT2D eigenvalue weighted by atomic mass is 10.1. The first-order chi connectivity index (χ1) is 11.1. The fraction of sp³-hybridized carbons (Fsp3) is 0.294. The summed E-state index contributed by atoms with van der Waals surface area (Å²) in [5.41, 5.74) is 2.84. The standard InChI is InChI=1S/C17H18ClNO4/c18-14-5-1-4-13(12-14)16(20)8-9-17(21)19-23-11-3-7-15-6-2-10-22-15/h1-2,4-6,10,12H,3,7-9,11H2,(H,19,21). The van der Waals surface area contributed by atoms with Crippen molar-refractivity contribution in [3.8, 4) is 0 Å². The molecule has 1 N–H and O–H groups in total. The summed E-state index contributed by atoms with van der Waals surface area (Å²) < 4.78 is 5.19. The molecule has 23 heavy (non-hydrogen) atoms. The Hall–Kier alpha value is -2.11. The van der Waals surface area contributed by atoms with Crippen LogP contribution in [0.3, 0.4) is 0 Å². The van der Waals surface area contributed by atoms with Gasteiger partial charge in [-0.1, -0.05) is 23.7 Å². The van der Waals surface area contributed by atoms with Crippen LogP contribution in [0.4, 0.5) is 0 Å². The molecule has 5 nitrogen and oxygen atoms in total. The Morgan fingerprint density at radius 1 is 1.17 bits per heavy atom. The van der Waals surface area contributed by atoms with E-state index in [0.29, 0.717) is 17.2 Å². The van der Waals surface area contributed by atoms with Crippen LogP contribution in [0, 0.1) is 0 Å². The summed E-state index contributed by atoms with van der Waals surface area (Å²) in [6, 6.07) is 10.4. The van der Waals surface area contributed by atoms with Crippen molar-refractivity contribution < 1.29 is 18.8 Å². The molecule has 1 heterocycles. The van der Waals surface area contributed by atoms with Gasteiger partial charge in [-0.2, -0.15) is 0 Å². The number of rotatable bonds is 9. The Balaban J connectivity index is 1.58. The van der Waals surface area contributed by atoms with Gasteiger partial charge < -0.3 is 4.42 Å². The molecule has 1 aromatic carbocycles. The van der Waals surface area contributed by atoms with E-state index in [-0.39, 0.29) is 24.5 Å². The lowest BCUT2D eigenvalue weighted by Gasteiger charge is -2.05. The van der Waals surface area contributed by atoms with Crippen LogP contribution in [0.5, 0.6) is 0 Å². The summed E-state index contributed by atoms with van der Waals surface area (Å²) >= 11 is 5.83. The SMILES string of the molecule is O=C(CCC(=O)c1cccc(Cl)c1)NOCCCc1ccco1. The maximum atomic E-state index is 11.9. The molecule has 6 heteroatoms. The molecule has 0 unspecified atom stereocenters. The van der Waals surface area contributed by atoms with Crippen LogP contribution in [0.25, 0.3) is 0 Å². The third-order valence-electron chi connectivity index (χ3n) is 3.16. The fourth-order valence-corrected chi connectivity index (χ4v) is 2.18. The van der Waals surface area contributed by atoms with Gasteiger partial charge in [0.25, 0.3) is 0 Å². The predicted molar refractivity (Wildman–Crippen MR) is 86.1 cm³/mol. The topological polar surface area (TPSA) is 68.5 Å². The monoisotopic (exact) mass is 335 g/mol. The number of furan rings is 1. The van der Waals surface area contributed by atoms with E-state index in [2.05, 4.69) is 5.48 Å². The molecule has 0 bridgehead atoms. The Morgan fingerprint density at radius 2 is 2.04 bits per heavy atom. The van der Waals surface area contributed by atoms with E-state index in [1.165, 1.54) is 0 Å². The highest BCUT2D eigenvalue weighted by molar-refractivity contribution is 6.31. The molecule has 0 aliphatic rings. The van der Waals surface area contributed by atoms with Crippen LogP contribution in [-0.2, 0) is 16.1 Å². The second-order valence-electron chi connectivity index (χ2n) is 4.99. The maximum absolute atomic E-state index is 11.9. The van der Waals surface area contributed by atoms with E-state index >= 15 is 0 Å². The summed E-state index contributed by atoms with van der Waals surface area (Å²) in [6.07, 6.45) is 3.28. The van der Waals surface area contributed by atoms with E-state index in [9.17, 15) is 9.59 Å². The Kier molecular flexibility index (Phi) is 6.84. The van der Waals surface area contributed by atoms with E-state index in [4.69, 9.17) is 20.9 Å². The van der Waals surface area contributed by atoms with Gasteiger partial charge in [-0.05, 0) is 30.7 Å². The molecule has 0 aliphatic carbocycles. The van der Waals surface area contributed by atoms with Gasteiger partial charge in [0.15, 0.2) is 5.78 Å². The summed E-state index contributed by atoms with van der Waals surface area (Å²) in [7, 11) is 0. The maximum Gasteiger partial charge on any atom is 0.243 e. The molecule has 0 saturated heterocycles. The fourth-order valence-electron chi connectivity index (χ4n) is 1.99. The molecule has 0 radical (unpaired) electrons. The number of benzene rings is 1. The minimum atomic E-state index is -0.321. The lowest BCUT2D eigenvalue weighted by Crippen LogP contribution is -2.24. The van der Waals surface area contributed by atoms with Crippen LogP contribution in [-0.4, -0.2) is 18.3 Å². The number of aryl methyl sites for hydroxylation is 1. The van der Waals surface area contributed by atoms with E-state index in [1.807, 2.05) is 12.1 Å². The Morgan fingerprint density at radius 3 is 2.78 bits per heavy atom. The lowest BCUT2D eigenvalue weighted by molar-refractivity contribution is -0.133. The van der Waals surface area contributed by atoms with Gasteiger partial charge in [0, 0.05) is 29.8 Å². The minimum absolute atomic E-state index is 0.0729. The Bertz CT molecular complexity index is 640. The zero-order valence-corrected chi connectivity index (χ0v) is 13.3. The number of halogens is 1. The zero-order valence-electron chi connectivity index (χ0n) is 12.6. The number of ketones is 1. The van der Waals surface area contributed by atoms with Crippen molar-refractivity contribution >= 4 is 23.3 Å². The highest BCUT2D eigenvalue weighted by atomic mass is 35.5. The van der Waals surface area contributed by atoms with Crippen LogP contribution in [0.2, 0.25) is 5.02 Å². The van der Waals surface area contributed by atoms with Gasteiger partial charge in [0.2, 0.25) is 5.91 Å². The summed E-state index contributed by atoms with van der Waals surface area (Å²) in [4.78, 5) is 28.6. The number of carbonyl (C=O) groups is 2. The van der Waals surface area contributed by atoms with Crippen LogP contribution >= 0.6 is 11.6 Å². The third-order valence-corrected chi connectivity index (χ3v) is 3.40. The number of hydrogen-bond donors (Lipinski definition) is 1. The minimum Gasteiger partial charge on any atom is -0.469 e. The van der Waals surface area contributed by atoms with E-state index in [0.717, 1.165) is 18.6 Å². The van der Waals surface area contributed by atoms with Crippen molar-refractivity contribution in [2.45, 2.75) is 25.7 Å². The van der Waals surface area contributed by atoms with Crippen molar-refractivity contribution in [2.75, 3.05) is 6.61 Å². The molecule has 0 atom stereocenters. The first kappa shape index (κ1) is 17.2. The highest BCUT2D eigenvalue weighted by Gasteiger charge is 2.09. The van der Waals surface area contributed by atoms with Gasteiger partial charge >= 0.3 is 0 Å². The molecule has 0 aliphatic heterocycles. The number of hydroxylamine groups is 1. The van der Waals surface area contributed by atoms with Crippen molar-refractivity contribution in [1.82, 2.24) is 5.48 Å². The van der Waals surface area contributed by atoms with Gasteiger partial charge in [0.1, 0.15) is 5.76 Å². The predicted octanol–water partition coefficient (Wildman–Crippen LogP) is 3.58. The number of hydrogen-bond acceptors (Lipinski definition) is 4. The van der Waals surface area contributed by atoms with Crippen LogP contribution in [0.15, 0.2) is 47.1 Å². The van der Waals surface area contributed by atoms with Gasteiger partial charge in [-0.15, -0.1) is 0 Å². The molecule has 0 spiro atoms. The van der Waals surface area contributed by atoms with Gasteiger partial charge in [-0.3, -0.25) is 14.4 Å². The second kappa shape index (κ2) is 9.12. The largest absolute Gasteiger partial charge is 0.469 e. The zero-order chi connectivity index (χ0) is 16.5. The van der Waals surface area contributed by atoms with Crippen molar-refractivity contribution in [3.05, 3.63) is 59.0 Å². The van der Waals surface area contributed by atoms with Crippen molar-refractivity contribution in [1.29, 1.82) is 0 Å². The average Bonchev–Trinajstić information content (AvgIpc) is 3.05. The molecular formula is C17H18ClNO4. The van der Waals surface area contributed by atoms with E-state index < -0.39 is 0 Å². The van der Waals surface area contributed by atoms with Crippen LogP contribution < -0.4 is 5.48 Å². The second-order valence-corrected chi connectivity index (χ2v) is 5.43. The highest BCUT2D eigenvalue weighted by Crippen LogP contribution is 2.13. The molecule has 1 aromatic heterocycles. The average molecular weight is 336 g/mol. The third kappa shape index (κ3) is 6.26. The molecule has 1 amide bonds. The van der Waals surface area contributed by atoms with Crippen molar-refractivity contribution in [2.24, 2.45) is 0 Å². The molecule has 0 saturated carbocycles. The van der Waals surface area contributed by atoms with Crippen molar-refractivity contribution in [3.63, 3.8) is 0 Å². The van der Waals surface area contributed by atoms with Gasteiger partial charge in [0.05, 0.1) is 12.9 Å². The summed E-state index contributed by atoms with van der Waals surface area (Å²) in [5, 5.41) is 0.500. The number of nitrogens with one attached hydrogen (secondary N) is 1. The van der Waals surface area contributed by atoms with E-state index in [1.54, 1.807) is 30.5 Å². The Labute approximate surface area is 139 Å². The molecule has 2 aromatic rings. The molecular weight excluding hydrogens is 318 g/mol. The summed E-state index contributed by atoms with van der Waals surface area (Å²) in [5.74, 6) is 0.436. The first-order valence-electron chi connectivity index (χ1n) is 7.37. The normalized spacial score (nSPS) is 10.5. The number of amides is 1. The van der Waals surface area contributed by atoms with Gasteiger partial charge in [-0.25, -0.2) is 5.48 Å². The molecule has 0 fully saturated rings. The smallest absolute Gasteiger partial charge is 0.243 e. The van der Waals surface area contributed by atoms with Crippen LogP contribution in [0.1, 0.15) is 35.4 Å². The summed E-state index contributed by atoms with van der Waals surface area (Å²) in [6.45, 7) is 0.384. The number of carbonyl (C=O) groups excluding carboxylic acids is 2. The molecule has 2 rings (SSSR count). The number of Topliss-reactive ketones (excluding diaryl/α,β-unsaturated/α-hetero) is 1. The molecule has 122 valence electrons. The quantitative estimate of drug-likeness (QED) is 0.432. The first-order valence-corrected chi connectivity index (χ1v) is 7.75.